The van der Waals surface area contributed by atoms with Gasteiger partial charge in [0.1, 0.15) is 0 Å². The lowest BCUT2D eigenvalue weighted by molar-refractivity contribution is -0.132. The van der Waals surface area contributed by atoms with Gasteiger partial charge in [-0.2, -0.15) is 0 Å². The molecule has 0 spiro atoms. The van der Waals surface area contributed by atoms with Crippen molar-refractivity contribution in [3.05, 3.63) is 65.2 Å². The van der Waals surface area contributed by atoms with E-state index in [0.717, 1.165) is 75.1 Å². The van der Waals surface area contributed by atoms with E-state index in [1.54, 1.807) is 11.3 Å². The molecule has 1 saturated carbocycles. The summed E-state index contributed by atoms with van der Waals surface area (Å²) in [5.41, 5.74) is 2.15. The van der Waals surface area contributed by atoms with Crippen molar-refractivity contribution in [1.29, 1.82) is 0 Å². The lowest BCUT2D eigenvalue weighted by Crippen LogP contribution is -2.49. The molecular weight excluding hydrogens is 402 g/mol. The molecule has 162 valence electrons. The number of piperidine rings is 1. The first kappa shape index (κ1) is 20.7. The molecule has 4 nitrogen and oxygen atoms in total. The van der Waals surface area contributed by atoms with Gasteiger partial charge in [-0.25, -0.2) is 4.98 Å². The second-order valence-electron chi connectivity index (χ2n) is 9.25. The zero-order chi connectivity index (χ0) is 21.1. The van der Waals surface area contributed by atoms with Crippen molar-refractivity contribution in [2.45, 2.75) is 57.5 Å². The van der Waals surface area contributed by atoms with Gasteiger partial charge in [0.2, 0.25) is 5.91 Å². The summed E-state index contributed by atoms with van der Waals surface area (Å²) in [4.78, 5) is 20.8. The van der Waals surface area contributed by atoms with Crippen molar-refractivity contribution in [1.82, 2.24) is 15.2 Å². The number of rotatable bonds is 6. The first-order chi connectivity index (χ1) is 15.2. The molecule has 1 aromatic heterocycles. The zero-order valence-electron chi connectivity index (χ0n) is 18.1. The van der Waals surface area contributed by atoms with Gasteiger partial charge in [-0.3, -0.25) is 9.69 Å². The second-order valence-corrected chi connectivity index (χ2v) is 10.4. The number of nitrogens with zero attached hydrogens (tertiary/aromatic N) is 2. The number of carbonyl (C=O) groups excluding carboxylic acids is 1. The smallest absolute Gasteiger partial charge is 0.226 e. The maximum absolute atomic E-state index is 13.5. The molecule has 5 rings (SSSR count). The summed E-state index contributed by atoms with van der Waals surface area (Å²) in [6.45, 7) is 3.10. The van der Waals surface area contributed by atoms with Crippen LogP contribution in [0, 0.1) is 5.41 Å². The molecule has 2 aromatic carbocycles. The monoisotopic (exact) mass is 433 g/mol. The summed E-state index contributed by atoms with van der Waals surface area (Å²) in [5, 5.41) is 4.56. The predicted molar refractivity (Wildman–Crippen MR) is 127 cm³/mol. The van der Waals surface area contributed by atoms with Crippen molar-refractivity contribution >= 4 is 27.5 Å². The Kier molecular flexibility index (Phi) is 6.06. The number of amides is 1. The maximum atomic E-state index is 13.5. The molecule has 2 aliphatic rings. The van der Waals surface area contributed by atoms with Gasteiger partial charge >= 0.3 is 0 Å². The summed E-state index contributed by atoms with van der Waals surface area (Å²) in [5.74, 6) is 0.269. The van der Waals surface area contributed by atoms with Crippen LogP contribution in [-0.2, 0) is 17.8 Å². The standard InChI is InChI=1S/C26H31N3OS/c30-25(27-21-12-16-29(17-13-21)19-20-8-2-1-3-9-20)26(14-6-7-15-26)18-24-28-22-10-4-5-11-23(22)31-24/h1-5,8-11,21H,6-7,12-19H2,(H,27,30). The van der Waals surface area contributed by atoms with Crippen LogP contribution in [0.4, 0.5) is 0 Å². The molecule has 5 heteroatoms. The molecule has 0 radical (unpaired) electrons. The molecule has 1 saturated heterocycles. The van der Waals surface area contributed by atoms with E-state index in [2.05, 4.69) is 58.7 Å². The first-order valence-corrected chi connectivity index (χ1v) is 12.4. The van der Waals surface area contributed by atoms with E-state index in [-0.39, 0.29) is 11.3 Å². The molecule has 1 aliphatic heterocycles. The molecule has 2 fully saturated rings. The van der Waals surface area contributed by atoms with Crippen LogP contribution in [0.5, 0.6) is 0 Å². The third-order valence-electron chi connectivity index (χ3n) is 7.04. The normalized spacial score (nSPS) is 19.6. The highest BCUT2D eigenvalue weighted by atomic mass is 32.1. The SMILES string of the molecule is O=C(NC1CCN(Cc2ccccc2)CC1)C1(Cc2nc3ccccc3s2)CCCC1. The van der Waals surface area contributed by atoms with Crippen LogP contribution < -0.4 is 5.32 Å². The Balaban J connectivity index is 1.20. The Hall–Kier alpha value is -2.24. The number of para-hydroxylation sites is 1. The Bertz CT molecular complexity index is 984. The van der Waals surface area contributed by atoms with Gasteiger partial charge < -0.3 is 5.32 Å². The molecule has 0 unspecified atom stereocenters. The Labute approximate surface area is 188 Å². The highest BCUT2D eigenvalue weighted by molar-refractivity contribution is 7.18. The number of thiazole rings is 1. The molecular formula is C26H31N3OS. The summed E-state index contributed by atoms with van der Waals surface area (Å²) in [7, 11) is 0. The van der Waals surface area contributed by atoms with E-state index in [9.17, 15) is 4.79 Å². The molecule has 3 aromatic rings. The van der Waals surface area contributed by atoms with E-state index >= 15 is 0 Å². The molecule has 1 amide bonds. The number of hydrogen-bond acceptors (Lipinski definition) is 4. The fourth-order valence-corrected chi connectivity index (χ4v) is 6.35. The number of nitrogens with one attached hydrogen (secondary N) is 1. The van der Waals surface area contributed by atoms with E-state index in [4.69, 9.17) is 4.98 Å². The van der Waals surface area contributed by atoms with Crippen LogP contribution in [-0.4, -0.2) is 34.9 Å². The zero-order valence-corrected chi connectivity index (χ0v) is 18.9. The van der Waals surface area contributed by atoms with Crippen LogP contribution in [0.15, 0.2) is 54.6 Å². The Morgan fingerprint density at radius 2 is 1.74 bits per heavy atom. The number of aromatic nitrogens is 1. The lowest BCUT2D eigenvalue weighted by Gasteiger charge is -2.35. The second kappa shape index (κ2) is 9.09. The minimum atomic E-state index is -0.269. The van der Waals surface area contributed by atoms with Crippen molar-refractivity contribution in [3.8, 4) is 0 Å². The van der Waals surface area contributed by atoms with Crippen LogP contribution in [0.2, 0.25) is 0 Å². The van der Waals surface area contributed by atoms with Gasteiger partial charge in [0.25, 0.3) is 0 Å². The fourth-order valence-electron chi connectivity index (χ4n) is 5.24. The number of fused-ring (bicyclic) bond motifs is 1. The minimum Gasteiger partial charge on any atom is -0.353 e. The van der Waals surface area contributed by atoms with Crippen molar-refractivity contribution in [2.75, 3.05) is 13.1 Å². The molecule has 2 heterocycles. The number of hydrogen-bond donors (Lipinski definition) is 1. The average Bonchev–Trinajstić information content (AvgIpc) is 3.43. The Morgan fingerprint density at radius 3 is 2.48 bits per heavy atom. The van der Waals surface area contributed by atoms with E-state index < -0.39 is 0 Å². The van der Waals surface area contributed by atoms with E-state index in [1.807, 2.05) is 6.07 Å². The summed E-state index contributed by atoms with van der Waals surface area (Å²) >= 11 is 1.75. The fraction of sp³-hybridized carbons (Fsp3) is 0.462. The van der Waals surface area contributed by atoms with Crippen molar-refractivity contribution < 1.29 is 4.79 Å². The molecule has 1 N–H and O–H groups in total. The van der Waals surface area contributed by atoms with Gasteiger partial charge in [-0.15, -0.1) is 11.3 Å². The molecule has 31 heavy (non-hydrogen) atoms. The topological polar surface area (TPSA) is 45.2 Å². The largest absolute Gasteiger partial charge is 0.353 e. The minimum absolute atomic E-state index is 0.269. The van der Waals surface area contributed by atoms with Crippen LogP contribution >= 0.6 is 11.3 Å². The number of benzene rings is 2. The predicted octanol–water partition coefficient (Wildman–Crippen LogP) is 5.18. The highest BCUT2D eigenvalue weighted by Crippen LogP contribution is 2.42. The molecule has 1 aliphatic carbocycles. The Morgan fingerprint density at radius 1 is 1.03 bits per heavy atom. The highest BCUT2D eigenvalue weighted by Gasteiger charge is 2.42. The maximum Gasteiger partial charge on any atom is 0.226 e. The summed E-state index contributed by atoms with van der Waals surface area (Å²) < 4.78 is 1.22. The molecule has 0 bridgehead atoms. The quantitative estimate of drug-likeness (QED) is 0.583. The lowest BCUT2D eigenvalue weighted by atomic mass is 9.81. The van der Waals surface area contributed by atoms with E-state index in [1.165, 1.54) is 10.3 Å². The summed E-state index contributed by atoms with van der Waals surface area (Å²) in [6.07, 6.45) is 7.13. The van der Waals surface area contributed by atoms with Crippen molar-refractivity contribution in [2.24, 2.45) is 5.41 Å². The average molecular weight is 434 g/mol. The number of carbonyl (C=O) groups is 1. The van der Waals surface area contributed by atoms with E-state index in [0.29, 0.717) is 6.04 Å². The number of likely N-dealkylation sites (tertiary alicyclic amines) is 1. The summed E-state index contributed by atoms with van der Waals surface area (Å²) in [6, 6.07) is 19.3. The third-order valence-corrected chi connectivity index (χ3v) is 8.08. The first-order valence-electron chi connectivity index (χ1n) is 11.6. The van der Waals surface area contributed by atoms with Crippen LogP contribution in [0.25, 0.3) is 10.2 Å². The van der Waals surface area contributed by atoms with Gasteiger partial charge in [0, 0.05) is 32.1 Å². The van der Waals surface area contributed by atoms with Crippen LogP contribution in [0.3, 0.4) is 0 Å². The third kappa shape index (κ3) is 4.68. The van der Waals surface area contributed by atoms with Gasteiger partial charge in [-0.1, -0.05) is 55.3 Å². The van der Waals surface area contributed by atoms with Gasteiger partial charge in [-0.05, 0) is 43.4 Å². The van der Waals surface area contributed by atoms with Crippen LogP contribution in [0.1, 0.15) is 49.1 Å². The van der Waals surface area contributed by atoms with Gasteiger partial charge in [0.15, 0.2) is 0 Å². The van der Waals surface area contributed by atoms with Crippen molar-refractivity contribution in [3.63, 3.8) is 0 Å². The molecule has 0 atom stereocenters. The van der Waals surface area contributed by atoms with Gasteiger partial charge in [0.05, 0.1) is 20.6 Å².